The van der Waals surface area contributed by atoms with E-state index in [0.29, 0.717) is 23.7 Å². The largest absolute Gasteiger partial charge is 0.264 e. The molecule has 8 heteroatoms. The first-order chi connectivity index (χ1) is 9.92. The van der Waals surface area contributed by atoms with Gasteiger partial charge < -0.3 is 0 Å². The summed E-state index contributed by atoms with van der Waals surface area (Å²) in [5, 5.41) is 7.57. The summed E-state index contributed by atoms with van der Waals surface area (Å²) in [6.07, 6.45) is 0.694. The fourth-order valence-electron chi connectivity index (χ4n) is 1.62. The molecule has 0 bridgehead atoms. The molecule has 1 N–H and O–H groups in total. The zero-order valence-corrected chi connectivity index (χ0v) is 13.2. The number of benzene rings is 1. The molecule has 0 radical (unpaired) electrons. The number of sulfonamides is 1. The van der Waals surface area contributed by atoms with Crippen LogP contribution in [-0.4, -0.2) is 29.5 Å². The van der Waals surface area contributed by atoms with Crippen LogP contribution in [0.5, 0.6) is 0 Å². The van der Waals surface area contributed by atoms with E-state index in [1.54, 1.807) is 26.0 Å². The van der Waals surface area contributed by atoms with Crippen LogP contribution in [0.1, 0.15) is 17.0 Å². The Morgan fingerprint density at radius 3 is 2.33 bits per heavy atom. The van der Waals surface area contributed by atoms with Crippen molar-refractivity contribution < 1.29 is 8.42 Å². The molecule has 21 heavy (non-hydrogen) atoms. The molecule has 0 atom stereocenters. The van der Waals surface area contributed by atoms with E-state index in [9.17, 15) is 8.42 Å². The van der Waals surface area contributed by atoms with Crippen LogP contribution >= 0.6 is 11.6 Å². The van der Waals surface area contributed by atoms with Crippen LogP contribution in [0.4, 0.5) is 5.95 Å². The summed E-state index contributed by atoms with van der Waals surface area (Å²) in [6.45, 7) is 3.49. The number of nitrogens with zero attached hydrogens (tertiary/aromatic N) is 3. The van der Waals surface area contributed by atoms with E-state index in [0.717, 1.165) is 5.56 Å². The number of anilines is 1. The second kappa shape index (κ2) is 6.36. The predicted molar refractivity (Wildman–Crippen MR) is 81.0 cm³/mol. The van der Waals surface area contributed by atoms with Crippen LogP contribution < -0.4 is 4.72 Å². The van der Waals surface area contributed by atoms with Crippen LogP contribution in [0.25, 0.3) is 0 Å². The van der Waals surface area contributed by atoms with Crippen molar-refractivity contribution >= 4 is 27.6 Å². The smallest absolute Gasteiger partial charge is 0.246 e. The van der Waals surface area contributed by atoms with Gasteiger partial charge in [0, 0.05) is 5.88 Å². The van der Waals surface area contributed by atoms with Gasteiger partial charge in [-0.15, -0.1) is 16.7 Å². The summed E-state index contributed by atoms with van der Waals surface area (Å²) >= 11 is 5.65. The van der Waals surface area contributed by atoms with Gasteiger partial charge >= 0.3 is 0 Å². The Morgan fingerprint density at radius 1 is 1.10 bits per heavy atom. The van der Waals surface area contributed by atoms with Crippen molar-refractivity contribution in [3.63, 3.8) is 0 Å². The molecule has 2 rings (SSSR count). The van der Waals surface area contributed by atoms with E-state index in [2.05, 4.69) is 19.9 Å². The van der Waals surface area contributed by atoms with Gasteiger partial charge in [-0.05, 0) is 38.0 Å². The Morgan fingerprint density at radius 2 is 1.76 bits per heavy atom. The Kier molecular flexibility index (Phi) is 4.74. The Bertz CT molecular complexity index is 732. The third-order valence-electron chi connectivity index (χ3n) is 2.93. The molecule has 0 fully saturated rings. The van der Waals surface area contributed by atoms with Gasteiger partial charge in [0.1, 0.15) is 0 Å². The van der Waals surface area contributed by atoms with Crippen molar-refractivity contribution in [2.24, 2.45) is 0 Å². The molecular weight excluding hydrogens is 312 g/mol. The standard InChI is InChI=1S/C13H15ClN4O2S/c1-9-10(2)16-17-13(15-9)18-21(19,20)12-5-3-11(4-6-12)7-8-14/h3-6H,7-8H2,1-2H3,(H,15,17,18). The number of hydrogen-bond acceptors (Lipinski definition) is 5. The maximum atomic E-state index is 12.2. The number of halogens is 1. The topological polar surface area (TPSA) is 84.8 Å². The molecule has 0 aliphatic heterocycles. The molecule has 0 aliphatic carbocycles. The SMILES string of the molecule is Cc1nnc(NS(=O)(=O)c2ccc(CCCl)cc2)nc1C. The molecule has 112 valence electrons. The average Bonchev–Trinajstić information content (AvgIpc) is 2.44. The lowest BCUT2D eigenvalue weighted by Gasteiger charge is -2.07. The van der Waals surface area contributed by atoms with Gasteiger partial charge in [-0.25, -0.2) is 18.1 Å². The molecule has 1 heterocycles. The van der Waals surface area contributed by atoms with Gasteiger partial charge in [0.2, 0.25) is 0 Å². The lowest BCUT2D eigenvalue weighted by atomic mass is 10.2. The molecular formula is C13H15ClN4O2S. The van der Waals surface area contributed by atoms with Crippen LogP contribution in [0, 0.1) is 13.8 Å². The first-order valence-corrected chi connectivity index (χ1v) is 8.30. The van der Waals surface area contributed by atoms with Crippen molar-refractivity contribution in [2.45, 2.75) is 25.2 Å². The Hall–Kier alpha value is -1.73. The monoisotopic (exact) mass is 326 g/mol. The fraction of sp³-hybridized carbons (Fsp3) is 0.308. The Labute approximate surface area is 128 Å². The molecule has 6 nitrogen and oxygen atoms in total. The van der Waals surface area contributed by atoms with Gasteiger partial charge in [-0.2, -0.15) is 5.10 Å². The van der Waals surface area contributed by atoms with Crippen molar-refractivity contribution in [1.29, 1.82) is 0 Å². The maximum absolute atomic E-state index is 12.2. The third kappa shape index (κ3) is 3.89. The van der Waals surface area contributed by atoms with E-state index in [1.165, 1.54) is 12.1 Å². The molecule has 2 aromatic rings. The molecule has 0 unspecified atom stereocenters. The minimum absolute atomic E-state index is 0.0389. The van der Waals surface area contributed by atoms with E-state index in [-0.39, 0.29) is 10.8 Å². The normalized spacial score (nSPS) is 11.4. The quantitative estimate of drug-likeness (QED) is 0.850. The summed E-state index contributed by atoms with van der Waals surface area (Å²) in [7, 11) is -3.72. The van der Waals surface area contributed by atoms with E-state index in [4.69, 9.17) is 11.6 Å². The van der Waals surface area contributed by atoms with Gasteiger partial charge in [-0.1, -0.05) is 12.1 Å². The van der Waals surface area contributed by atoms with Crippen molar-refractivity contribution in [2.75, 3.05) is 10.6 Å². The molecule has 0 amide bonds. The van der Waals surface area contributed by atoms with Gasteiger partial charge in [0.05, 0.1) is 16.3 Å². The number of nitrogens with one attached hydrogen (secondary N) is 1. The van der Waals surface area contributed by atoms with Crippen LogP contribution in [-0.2, 0) is 16.4 Å². The lowest BCUT2D eigenvalue weighted by molar-refractivity contribution is 0.600. The second-order valence-corrected chi connectivity index (χ2v) is 6.56. The highest BCUT2D eigenvalue weighted by Crippen LogP contribution is 2.14. The van der Waals surface area contributed by atoms with Crippen LogP contribution in [0.2, 0.25) is 0 Å². The zero-order valence-electron chi connectivity index (χ0n) is 11.7. The highest BCUT2D eigenvalue weighted by atomic mass is 35.5. The maximum Gasteiger partial charge on any atom is 0.264 e. The summed E-state index contributed by atoms with van der Waals surface area (Å²) in [4.78, 5) is 4.19. The highest BCUT2D eigenvalue weighted by molar-refractivity contribution is 7.92. The minimum Gasteiger partial charge on any atom is -0.246 e. The number of alkyl halides is 1. The second-order valence-electron chi connectivity index (χ2n) is 4.49. The number of aryl methyl sites for hydroxylation is 3. The number of rotatable bonds is 5. The number of aromatic nitrogens is 3. The van der Waals surface area contributed by atoms with Crippen LogP contribution in [0.3, 0.4) is 0 Å². The number of hydrogen-bond donors (Lipinski definition) is 1. The van der Waals surface area contributed by atoms with Crippen LogP contribution in [0.15, 0.2) is 29.2 Å². The molecule has 1 aromatic heterocycles. The van der Waals surface area contributed by atoms with Crippen molar-refractivity contribution in [3.8, 4) is 0 Å². The lowest BCUT2D eigenvalue weighted by Crippen LogP contribution is -2.16. The summed E-state index contributed by atoms with van der Waals surface area (Å²) in [6, 6.07) is 6.52. The predicted octanol–water partition coefficient (Wildman–Crippen LogP) is 2.07. The summed E-state index contributed by atoms with van der Waals surface area (Å²) in [5.41, 5.74) is 2.26. The van der Waals surface area contributed by atoms with Gasteiger partial charge in [0.15, 0.2) is 0 Å². The van der Waals surface area contributed by atoms with Crippen molar-refractivity contribution in [1.82, 2.24) is 15.2 Å². The first-order valence-electron chi connectivity index (χ1n) is 6.28. The highest BCUT2D eigenvalue weighted by Gasteiger charge is 2.16. The van der Waals surface area contributed by atoms with E-state index < -0.39 is 10.0 Å². The van der Waals surface area contributed by atoms with E-state index >= 15 is 0 Å². The van der Waals surface area contributed by atoms with E-state index in [1.807, 2.05) is 0 Å². The van der Waals surface area contributed by atoms with Crippen molar-refractivity contribution in [3.05, 3.63) is 41.2 Å². The first kappa shape index (κ1) is 15.7. The molecule has 0 aliphatic rings. The zero-order chi connectivity index (χ0) is 15.5. The minimum atomic E-state index is -3.72. The molecule has 1 aromatic carbocycles. The fourth-order valence-corrected chi connectivity index (χ4v) is 2.78. The summed E-state index contributed by atoms with van der Waals surface area (Å²) < 4.78 is 26.8. The average molecular weight is 327 g/mol. The molecule has 0 saturated carbocycles. The third-order valence-corrected chi connectivity index (χ3v) is 4.47. The van der Waals surface area contributed by atoms with Gasteiger partial charge in [-0.3, -0.25) is 0 Å². The molecule has 0 spiro atoms. The molecule has 0 saturated heterocycles. The van der Waals surface area contributed by atoms with Gasteiger partial charge in [0.25, 0.3) is 16.0 Å². The summed E-state index contributed by atoms with van der Waals surface area (Å²) in [5.74, 6) is 0.454. The Balaban J connectivity index is 2.23.